The smallest absolute Gasteiger partial charge is 0.255 e. The monoisotopic (exact) mass is 258 g/mol. The van der Waals surface area contributed by atoms with Crippen LogP contribution in [0.25, 0.3) is 11.0 Å². The van der Waals surface area contributed by atoms with Gasteiger partial charge >= 0.3 is 0 Å². The average molecular weight is 259 g/mol. The number of imidazole rings is 1. The first-order chi connectivity index (χ1) is 6.20. The van der Waals surface area contributed by atoms with Crippen molar-refractivity contribution < 1.29 is 4.79 Å². The van der Waals surface area contributed by atoms with E-state index in [0.29, 0.717) is 15.6 Å². The molecule has 3 nitrogen and oxygen atoms in total. The first-order valence-corrected chi connectivity index (χ1v) is 4.68. The zero-order valence-corrected chi connectivity index (χ0v) is 8.69. The number of carbonyl (C=O) groups is 1. The molecule has 0 atom stereocenters. The number of aromatic amines is 1. The second-order valence-corrected chi connectivity index (χ2v) is 3.69. The highest BCUT2D eigenvalue weighted by Crippen LogP contribution is 2.25. The van der Waals surface area contributed by atoms with Crippen molar-refractivity contribution in [3.63, 3.8) is 0 Å². The minimum absolute atomic E-state index is 0.403. The van der Waals surface area contributed by atoms with Crippen LogP contribution in [0.1, 0.15) is 10.4 Å². The number of nitrogens with zero attached hydrogens (tertiary/aromatic N) is 1. The third kappa shape index (κ3) is 1.36. The molecule has 1 aromatic heterocycles. The topological polar surface area (TPSA) is 45.8 Å². The van der Waals surface area contributed by atoms with E-state index in [0.717, 1.165) is 5.52 Å². The van der Waals surface area contributed by atoms with E-state index in [1.807, 2.05) is 6.07 Å². The van der Waals surface area contributed by atoms with Crippen molar-refractivity contribution in [3.05, 3.63) is 28.5 Å². The first kappa shape index (κ1) is 8.72. The predicted molar refractivity (Wildman–Crippen MR) is 54.0 cm³/mol. The second-order valence-electron chi connectivity index (χ2n) is 2.49. The lowest BCUT2D eigenvalue weighted by atomic mass is 10.2. The number of benzene rings is 1. The molecule has 0 spiro atoms. The molecule has 0 aliphatic heterocycles. The Labute approximate surface area is 87.2 Å². The van der Waals surface area contributed by atoms with Gasteiger partial charge in [0.05, 0.1) is 17.4 Å². The van der Waals surface area contributed by atoms with Crippen molar-refractivity contribution in [1.82, 2.24) is 9.97 Å². The van der Waals surface area contributed by atoms with E-state index in [2.05, 4.69) is 25.9 Å². The lowest BCUT2D eigenvalue weighted by Crippen LogP contribution is -1.92. The van der Waals surface area contributed by atoms with Crippen molar-refractivity contribution in [2.24, 2.45) is 0 Å². The van der Waals surface area contributed by atoms with Gasteiger partial charge in [-0.05, 0) is 39.7 Å². The number of carbonyl (C=O) groups excluding carboxylic acids is 1. The summed E-state index contributed by atoms with van der Waals surface area (Å²) in [5, 5.41) is -0.510. The molecular weight excluding hydrogens is 255 g/mol. The molecule has 0 fully saturated rings. The van der Waals surface area contributed by atoms with Crippen LogP contribution in [0.2, 0.25) is 0 Å². The predicted octanol–water partition coefficient (Wildman–Crippen LogP) is 2.70. The molecule has 0 bridgehead atoms. The number of H-pyrrole nitrogens is 1. The van der Waals surface area contributed by atoms with Crippen LogP contribution in [0, 0.1) is 0 Å². The van der Waals surface area contributed by atoms with E-state index in [9.17, 15) is 4.79 Å². The maximum absolute atomic E-state index is 11.1. The lowest BCUT2D eigenvalue weighted by molar-refractivity contribution is 0.108. The number of rotatable bonds is 1. The summed E-state index contributed by atoms with van der Waals surface area (Å²) in [5.41, 5.74) is 1.79. The molecule has 0 saturated heterocycles. The summed E-state index contributed by atoms with van der Waals surface area (Å²) < 4.78 is 0.659. The summed E-state index contributed by atoms with van der Waals surface area (Å²) in [6.07, 6.45) is 1.53. The van der Waals surface area contributed by atoms with Gasteiger partial charge in [0.1, 0.15) is 5.52 Å². The van der Waals surface area contributed by atoms with Gasteiger partial charge in [-0.1, -0.05) is 0 Å². The zero-order chi connectivity index (χ0) is 9.42. The van der Waals surface area contributed by atoms with Crippen molar-refractivity contribution in [1.29, 1.82) is 0 Å². The number of nitrogens with one attached hydrogen (secondary N) is 1. The molecule has 0 aliphatic carbocycles. The number of aromatic nitrogens is 2. The molecular formula is C8H4BrClN2O. The Morgan fingerprint density at radius 2 is 2.31 bits per heavy atom. The minimum Gasteiger partial charge on any atom is -0.345 e. The fraction of sp³-hybridized carbons (Fsp3) is 0. The van der Waals surface area contributed by atoms with Gasteiger partial charge in [-0.2, -0.15) is 0 Å². The fourth-order valence-electron chi connectivity index (χ4n) is 1.17. The summed E-state index contributed by atoms with van der Waals surface area (Å²) in [6.45, 7) is 0. The Balaban J connectivity index is 2.88. The molecule has 13 heavy (non-hydrogen) atoms. The van der Waals surface area contributed by atoms with Gasteiger partial charge in [-0.25, -0.2) is 4.98 Å². The van der Waals surface area contributed by atoms with Crippen molar-refractivity contribution in [2.75, 3.05) is 0 Å². The molecule has 2 rings (SSSR count). The molecule has 2 aromatic rings. The maximum Gasteiger partial charge on any atom is 0.255 e. The third-order valence-corrected chi connectivity index (χ3v) is 2.59. The van der Waals surface area contributed by atoms with Crippen LogP contribution in [0.3, 0.4) is 0 Å². The fourth-order valence-corrected chi connectivity index (χ4v) is 1.98. The molecule has 1 heterocycles. The number of fused-ring (bicyclic) bond motifs is 1. The van der Waals surface area contributed by atoms with Crippen LogP contribution >= 0.6 is 27.5 Å². The summed E-state index contributed by atoms with van der Waals surface area (Å²) in [7, 11) is 0. The standard InChI is InChI=1S/C8H4BrClN2O/c9-4-1-2-5-7(12-3-11-5)6(4)8(10)13/h1-3H,(H,11,12). The number of hydrogen-bond donors (Lipinski definition) is 1. The highest BCUT2D eigenvalue weighted by molar-refractivity contribution is 9.10. The number of halogens is 2. The molecule has 0 aliphatic rings. The molecule has 5 heteroatoms. The molecule has 1 aromatic carbocycles. The van der Waals surface area contributed by atoms with Gasteiger partial charge < -0.3 is 4.98 Å². The zero-order valence-electron chi connectivity index (χ0n) is 6.34. The van der Waals surface area contributed by atoms with E-state index < -0.39 is 5.24 Å². The molecule has 0 saturated carbocycles. The minimum atomic E-state index is -0.510. The van der Waals surface area contributed by atoms with E-state index in [1.165, 1.54) is 6.33 Å². The molecule has 1 N–H and O–H groups in total. The van der Waals surface area contributed by atoms with Gasteiger partial charge in [0.25, 0.3) is 5.24 Å². The highest BCUT2D eigenvalue weighted by Gasteiger charge is 2.13. The van der Waals surface area contributed by atoms with E-state index >= 15 is 0 Å². The van der Waals surface area contributed by atoms with Crippen LogP contribution in [0.4, 0.5) is 0 Å². The van der Waals surface area contributed by atoms with Crippen LogP contribution in [-0.4, -0.2) is 15.2 Å². The second kappa shape index (κ2) is 3.12. The average Bonchev–Trinajstić information content (AvgIpc) is 2.50. The summed E-state index contributed by atoms with van der Waals surface area (Å²) in [6, 6.07) is 3.59. The van der Waals surface area contributed by atoms with Crippen molar-refractivity contribution in [2.45, 2.75) is 0 Å². The number of hydrogen-bond acceptors (Lipinski definition) is 2. The SMILES string of the molecule is O=C(Cl)c1c(Br)ccc2[nH]cnc12. The van der Waals surface area contributed by atoms with E-state index in [4.69, 9.17) is 11.6 Å². The molecule has 66 valence electrons. The largest absolute Gasteiger partial charge is 0.345 e. The third-order valence-electron chi connectivity index (χ3n) is 1.74. The van der Waals surface area contributed by atoms with Gasteiger partial charge in [0, 0.05) is 4.47 Å². The van der Waals surface area contributed by atoms with Crippen molar-refractivity contribution in [3.8, 4) is 0 Å². The highest BCUT2D eigenvalue weighted by atomic mass is 79.9. The Kier molecular flexibility index (Phi) is 2.09. The Morgan fingerprint density at radius 1 is 1.54 bits per heavy atom. The van der Waals surface area contributed by atoms with Crippen LogP contribution < -0.4 is 0 Å². The quantitative estimate of drug-likeness (QED) is 0.800. The van der Waals surface area contributed by atoms with E-state index in [-0.39, 0.29) is 0 Å². The van der Waals surface area contributed by atoms with E-state index in [1.54, 1.807) is 6.07 Å². The van der Waals surface area contributed by atoms with Gasteiger partial charge in [0.2, 0.25) is 0 Å². The lowest BCUT2D eigenvalue weighted by Gasteiger charge is -1.98. The van der Waals surface area contributed by atoms with Crippen LogP contribution in [0.5, 0.6) is 0 Å². The molecule has 0 amide bonds. The normalized spacial score (nSPS) is 10.6. The van der Waals surface area contributed by atoms with Crippen LogP contribution in [-0.2, 0) is 0 Å². The Hall–Kier alpha value is -0.870. The van der Waals surface area contributed by atoms with Crippen molar-refractivity contribution >= 4 is 43.8 Å². The first-order valence-electron chi connectivity index (χ1n) is 3.51. The summed E-state index contributed by atoms with van der Waals surface area (Å²) in [5.74, 6) is 0. The molecule has 0 unspecified atom stereocenters. The van der Waals surface area contributed by atoms with Crippen LogP contribution in [0.15, 0.2) is 22.9 Å². The molecule has 0 radical (unpaired) electrons. The van der Waals surface area contributed by atoms with Gasteiger partial charge in [-0.15, -0.1) is 0 Å². The Morgan fingerprint density at radius 3 is 3.00 bits per heavy atom. The Bertz CT molecular complexity index is 480. The maximum atomic E-state index is 11.1. The summed E-state index contributed by atoms with van der Waals surface area (Å²) >= 11 is 8.67. The van der Waals surface area contributed by atoms with Gasteiger partial charge in [0.15, 0.2) is 0 Å². The van der Waals surface area contributed by atoms with Gasteiger partial charge in [-0.3, -0.25) is 4.79 Å². The summed E-state index contributed by atoms with van der Waals surface area (Å²) in [4.78, 5) is 18.0.